The van der Waals surface area contributed by atoms with Gasteiger partial charge in [-0.25, -0.2) is 0 Å². The summed E-state index contributed by atoms with van der Waals surface area (Å²) in [6, 6.07) is 3.84. The van der Waals surface area contributed by atoms with Crippen molar-refractivity contribution in [2.45, 2.75) is 25.2 Å². The van der Waals surface area contributed by atoms with E-state index >= 15 is 0 Å². The van der Waals surface area contributed by atoms with Gasteiger partial charge >= 0.3 is 6.36 Å². The lowest BCUT2D eigenvalue weighted by Gasteiger charge is -2.33. The van der Waals surface area contributed by atoms with Gasteiger partial charge in [0.25, 0.3) is 0 Å². The molecule has 1 N–H and O–H groups in total. The highest BCUT2D eigenvalue weighted by molar-refractivity contribution is 9.10. The van der Waals surface area contributed by atoms with Crippen molar-refractivity contribution in [3.8, 4) is 5.75 Å². The van der Waals surface area contributed by atoms with Crippen LogP contribution in [0.2, 0.25) is 0 Å². The number of likely N-dealkylation sites (N-methyl/N-ethyl adjacent to an activating group) is 1. The molecule has 1 aromatic carbocycles. The molecule has 0 aliphatic carbocycles. The molecule has 1 aliphatic rings. The SMILES string of the molecule is CNC1CCCN(c2ccc(Br)cc2OC(F)(F)F)C1=O. The molecule has 116 valence electrons. The largest absolute Gasteiger partial charge is 0.573 e. The number of carbonyl (C=O) groups excluding carboxylic acids is 1. The van der Waals surface area contributed by atoms with Crippen molar-refractivity contribution in [1.29, 1.82) is 0 Å². The Bertz CT molecular complexity index is 537. The summed E-state index contributed by atoms with van der Waals surface area (Å²) in [4.78, 5) is 13.6. The molecule has 1 atom stereocenters. The Hall–Kier alpha value is -1.28. The third-order valence-corrected chi connectivity index (χ3v) is 3.72. The summed E-state index contributed by atoms with van der Waals surface area (Å²) in [7, 11) is 1.65. The zero-order chi connectivity index (χ0) is 15.6. The number of ether oxygens (including phenoxy) is 1. The minimum atomic E-state index is -4.81. The smallest absolute Gasteiger partial charge is 0.404 e. The van der Waals surface area contributed by atoms with E-state index in [0.29, 0.717) is 23.9 Å². The zero-order valence-corrected chi connectivity index (χ0v) is 12.8. The van der Waals surface area contributed by atoms with Gasteiger partial charge in [-0.15, -0.1) is 13.2 Å². The number of benzene rings is 1. The van der Waals surface area contributed by atoms with Crippen LogP contribution in [0, 0.1) is 0 Å². The molecular formula is C13H14BrF3N2O2. The predicted molar refractivity (Wildman–Crippen MR) is 75.3 cm³/mol. The van der Waals surface area contributed by atoms with Gasteiger partial charge in [0.1, 0.15) is 0 Å². The number of anilines is 1. The van der Waals surface area contributed by atoms with Gasteiger partial charge in [-0.1, -0.05) is 15.9 Å². The first-order valence-electron chi connectivity index (χ1n) is 6.36. The average Bonchev–Trinajstić information content (AvgIpc) is 2.38. The topological polar surface area (TPSA) is 41.6 Å². The molecule has 1 fully saturated rings. The minimum absolute atomic E-state index is 0.125. The lowest BCUT2D eigenvalue weighted by atomic mass is 10.0. The fraction of sp³-hybridized carbons (Fsp3) is 0.462. The van der Waals surface area contributed by atoms with E-state index in [1.165, 1.54) is 17.0 Å². The molecular weight excluding hydrogens is 353 g/mol. The average molecular weight is 367 g/mol. The maximum Gasteiger partial charge on any atom is 0.573 e. The van der Waals surface area contributed by atoms with Gasteiger partial charge in [0.05, 0.1) is 11.7 Å². The Labute approximate surface area is 128 Å². The maximum absolute atomic E-state index is 12.5. The van der Waals surface area contributed by atoms with Gasteiger partial charge in [0.2, 0.25) is 5.91 Å². The Balaban J connectivity index is 2.36. The first kappa shape index (κ1) is 16.1. The highest BCUT2D eigenvalue weighted by atomic mass is 79.9. The number of amides is 1. The first-order chi connectivity index (χ1) is 9.81. The lowest BCUT2D eigenvalue weighted by molar-refractivity contribution is -0.274. The fourth-order valence-corrected chi connectivity index (χ4v) is 2.64. The van der Waals surface area contributed by atoms with E-state index in [9.17, 15) is 18.0 Å². The zero-order valence-electron chi connectivity index (χ0n) is 11.2. The van der Waals surface area contributed by atoms with Crippen molar-refractivity contribution in [1.82, 2.24) is 5.32 Å². The third-order valence-electron chi connectivity index (χ3n) is 3.23. The van der Waals surface area contributed by atoms with Crippen molar-refractivity contribution in [3.05, 3.63) is 22.7 Å². The summed E-state index contributed by atoms with van der Waals surface area (Å²) in [6.07, 6.45) is -3.44. The van der Waals surface area contributed by atoms with Crippen molar-refractivity contribution in [3.63, 3.8) is 0 Å². The van der Waals surface area contributed by atoms with Crippen molar-refractivity contribution in [2.24, 2.45) is 0 Å². The van der Waals surface area contributed by atoms with Crippen LogP contribution in [0.15, 0.2) is 22.7 Å². The van der Waals surface area contributed by atoms with Gasteiger partial charge in [0.15, 0.2) is 5.75 Å². The predicted octanol–water partition coefficient (Wildman–Crippen LogP) is 3.06. The van der Waals surface area contributed by atoms with Gasteiger partial charge in [-0.3, -0.25) is 4.79 Å². The summed E-state index contributed by atoms with van der Waals surface area (Å²) >= 11 is 3.11. The van der Waals surface area contributed by atoms with E-state index in [-0.39, 0.29) is 23.4 Å². The van der Waals surface area contributed by atoms with E-state index in [0.717, 1.165) is 0 Å². The summed E-state index contributed by atoms with van der Waals surface area (Å²) in [5.41, 5.74) is 0.125. The number of nitrogens with one attached hydrogen (secondary N) is 1. The number of halogens is 4. The number of rotatable bonds is 3. The molecule has 2 rings (SSSR count). The molecule has 1 aliphatic heterocycles. The molecule has 21 heavy (non-hydrogen) atoms. The normalized spacial score (nSPS) is 19.8. The third kappa shape index (κ3) is 3.88. The molecule has 0 radical (unpaired) electrons. The van der Waals surface area contributed by atoms with Crippen molar-refractivity contribution < 1.29 is 22.7 Å². The highest BCUT2D eigenvalue weighted by Crippen LogP contribution is 2.36. The van der Waals surface area contributed by atoms with Crippen LogP contribution in [0.4, 0.5) is 18.9 Å². The molecule has 1 amide bonds. The van der Waals surface area contributed by atoms with Gasteiger partial charge in [0, 0.05) is 11.0 Å². The van der Waals surface area contributed by atoms with E-state index in [4.69, 9.17) is 0 Å². The van der Waals surface area contributed by atoms with Crippen LogP contribution >= 0.6 is 15.9 Å². The lowest BCUT2D eigenvalue weighted by Crippen LogP contribution is -2.50. The molecule has 0 bridgehead atoms. The molecule has 0 saturated carbocycles. The molecule has 1 saturated heterocycles. The minimum Gasteiger partial charge on any atom is -0.404 e. The molecule has 1 heterocycles. The van der Waals surface area contributed by atoms with E-state index in [2.05, 4.69) is 26.0 Å². The molecule has 1 aromatic rings. The van der Waals surface area contributed by atoms with Gasteiger partial charge in [-0.05, 0) is 38.1 Å². The molecule has 1 unspecified atom stereocenters. The van der Waals surface area contributed by atoms with E-state index in [1.54, 1.807) is 13.1 Å². The van der Waals surface area contributed by atoms with Crippen LogP contribution in [-0.2, 0) is 4.79 Å². The van der Waals surface area contributed by atoms with Crippen molar-refractivity contribution in [2.75, 3.05) is 18.5 Å². The first-order valence-corrected chi connectivity index (χ1v) is 7.15. The molecule has 0 spiro atoms. The second-order valence-corrected chi connectivity index (χ2v) is 5.55. The molecule has 4 nitrogen and oxygen atoms in total. The van der Waals surface area contributed by atoms with E-state index in [1.807, 2.05) is 0 Å². The Morgan fingerprint density at radius 1 is 1.43 bits per heavy atom. The Kier molecular flexibility index (Phi) is 4.77. The van der Waals surface area contributed by atoms with Gasteiger partial charge < -0.3 is 15.0 Å². The summed E-state index contributed by atoms with van der Waals surface area (Å²) in [5.74, 6) is -0.639. The summed E-state index contributed by atoms with van der Waals surface area (Å²) in [6.45, 7) is 0.368. The van der Waals surface area contributed by atoms with Crippen LogP contribution in [-0.4, -0.2) is 31.9 Å². The summed E-state index contributed by atoms with van der Waals surface area (Å²) in [5, 5.41) is 2.87. The highest BCUT2D eigenvalue weighted by Gasteiger charge is 2.35. The number of piperidine rings is 1. The monoisotopic (exact) mass is 366 g/mol. The number of nitrogens with zero attached hydrogens (tertiary/aromatic N) is 1. The molecule has 8 heteroatoms. The fourth-order valence-electron chi connectivity index (χ4n) is 2.30. The van der Waals surface area contributed by atoms with Gasteiger partial charge in [-0.2, -0.15) is 0 Å². The molecule has 0 aromatic heterocycles. The quantitative estimate of drug-likeness (QED) is 0.893. The number of alkyl halides is 3. The Morgan fingerprint density at radius 2 is 2.14 bits per heavy atom. The standard InChI is InChI=1S/C13H14BrF3N2O2/c1-18-9-3-2-6-19(12(9)20)10-5-4-8(14)7-11(10)21-13(15,16)17/h4-5,7,9,18H,2-3,6H2,1H3. The van der Waals surface area contributed by atoms with E-state index < -0.39 is 6.36 Å². The summed E-state index contributed by atoms with van der Waals surface area (Å²) < 4.78 is 42.0. The van der Waals surface area contributed by atoms with Crippen LogP contribution < -0.4 is 15.0 Å². The second-order valence-electron chi connectivity index (χ2n) is 4.63. The number of carbonyl (C=O) groups is 1. The number of hydrogen-bond acceptors (Lipinski definition) is 3. The van der Waals surface area contributed by atoms with Crippen LogP contribution in [0.1, 0.15) is 12.8 Å². The second kappa shape index (κ2) is 6.23. The maximum atomic E-state index is 12.5. The van der Waals surface area contributed by atoms with Crippen LogP contribution in [0.25, 0.3) is 0 Å². The van der Waals surface area contributed by atoms with Crippen LogP contribution in [0.3, 0.4) is 0 Å². The Morgan fingerprint density at radius 3 is 2.76 bits per heavy atom. The van der Waals surface area contributed by atoms with Crippen molar-refractivity contribution >= 4 is 27.5 Å². The van der Waals surface area contributed by atoms with Crippen LogP contribution in [0.5, 0.6) is 5.75 Å². The number of hydrogen-bond donors (Lipinski definition) is 1.